The topological polar surface area (TPSA) is 0 Å². The smallest absolute Gasteiger partial charge is 0.0254 e. The average Bonchev–Trinajstić information content (AvgIpc) is 2.84. The second-order valence-electron chi connectivity index (χ2n) is 5.71. The lowest BCUT2D eigenvalue weighted by Gasteiger charge is -2.06. The maximum Gasteiger partial charge on any atom is 0.0254 e. The second kappa shape index (κ2) is 4.43. The van der Waals surface area contributed by atoms with Gasteiger partial charge in [0.2, 0.25) is 0 Å². The van der Waals surface area contributed by atoms with Crippen molar-refractivity contribution in [3.05, 3.63) is 69.6 Å². The molecule has 0 aromatic heterocycles. The first kappa shape index (κ1) is 12.9. The standard InChI is InChI=1S/C20H10Br2/c21-13-5-4-11-9-17-15-6-7-19(22)16-3-1-2-14(20(15)16)18(17)10-12(11)8-13/h1-10H. The summed E-state index contributed by atoms with van der Waals surface area (Å²) in [5.74, 6) is 0. The van der Waals surface area contributed by atoms with Crippen molar-refractivity contribution in [2.24, 2.45) is 0 Å². The first-order valence-electron chi connectivity index (χ1n) is 7.18. The van der Waals surface area contributed by atoms with E-state index in [1.807, 2.05) is 0 Å². The molecule has 0 heterocycles. The number of fused-ring (bicyclic) bond motifs is 4. The van der Waals surface area contributed by atoms with Gasteiger partial charge < -0.3 is 0 Å². The summed E-state index contributed by atoms with van der Waals surface area (Å²) in [5, 5.41) is 5.21. The van der Waals surface area contributed by atoms with Crippen LogP contribution in [0.25, 0.3) is 43.8 Å². The van der Waals surface area contributed by atoms with Crippen LogP contribution in [0.1, 0.15) is 0 Å². The van der Waals surface area contributed by atoms with E-state index in [0.717, 1.165) is 8.95 Å². The molecule has 22 heavy (non-hydrogen) atoms. The first-order chi connectivity index (χ1) is 10.7. The fourth-order valence-corrected chi connectivity index (χ4v) is 4.38. The Balaban J connectivity index is 1.98. The summed E-state index contributed by atoms with van der Waals surface area (Å²) < 4.78 is 2.28. The lowest BCUT2D eigenvalue weighted by molar-refractivity contribution is 1.69. The Labute approximate surface area is 145 Å². The monoisotopic (exact) mass is 408 g/mol. The number of benzene rings is 4. The Morgan fingerprint density at radius 1 is 0.591 bits per heavy atom. The van der Waals surface area contributed by atoms with E-state index in [0.29, 0.717) is 0 Å². The SMILES string of the molecule is Brc1ccc2cc3c(cc2c1)-c1cccc2c(Br)ccc-3c12. The van der Waals surface area contributed by atoms with Crippen molar-refractivity contribution in [1.82, 2.24) is 0 Å². The van der Waals surface area contributed by atoms with Gasteiger partial charge in [-0.05, 0) is 74.1 Å². The van der Waals surface area contributed by atoms with Gasteiger partial charge in [0.1, 0.15) is 0 Å². The van der Waals surface area contributed by atoms with Gasteiger partial charge in [-0.1, -0.05) is 62.2 Å². The third-order valence-electron chi connectivity index (χ3n) is 4.51. The maximum absolute atomic E-state index is 3.68. The van der Waals surface area contributed by atoms with E-state index in [-0.39, 0.29) is 0 Å². The van der Waals surface area contributed by atoms with Gasteiger partial charge in [0.05, 0.1) is 0 Å². The van der Waals surface area contributed by atoms with Crippen molar-refractivity contribution in [2.45, 2.75) is 0 Å². The summed E-state index contributed by atoms with van der Waals surface area (Å²) in [6.07, 6.45) is 0. The van der Waals surface area contributed by atoms with E-state index in [9.17, 15) is 0 Å². The van der Waals surface area contributed by atoms with Gasteiger partial charge in [0.15, 0.2) is 0 Å². The summed E-state index contributed by atoms with van der Waals surface area (Å²) >= 11 is 7.26. The third kappa shape index (κ3) is 1.62. The molecule has 1 aliphatic rings. The van der Waals surface area contributed by atoms with Crippen molar-refractivity contribution in [2.75, 3.05) is 0 Å². The zero-order valence-corrected chi connectivity index (χ0v) is 14.7. The number of hydrogen-bond donors (Lipinski definition) is 0. The van der Waals surface area contributed by atoms with E-state index in [1.165, 1.54) is 43.8 Å². The fraction of sp³-hybridized carbons (Fsp3) is 0. The number of rotatable bonds is 0. The second-order valence-corrected chi connectivity index (χ2v) is 7.48. The molecule has 0 atom stereocenters. The van der Waals surface area contributed by atoms with Crippen molar-refractivity contribution in [1.29, 1.82) is 0 Å². The fourth-order valence-electron chi connectivity index (χ4n) is 3.53. The minimum atomic E-state index is 1.12. The molecule has 4 aromatic carbocycles. The average molecular weight is 410 g/mol. The quantitative estimate of drug-likeness (QED) is 0.254. The van der Waals surface area contributed by atoms with Crippen LogP contribution in [-0.2, 0) is 0 Å². The van der Waals surface area contributed by atoms with Gasteiger partial charge in [-0.25, -0.2) is 0 Å². The molecule has 4 aromatic rings. The first-order valence-corrected chi connectivity index (χ1v) is 8.76. The van der Waals surface area contributed by atoms with Gasteiger partial charge in [0.25, 0.3) is 0 Å². The van der Waals surface area contributed by atoms with Gasteiger partial charge in [-0.3, -0.25) is 0 Å². The zero-order chi connectivity index (χ0) is 14.8. The van der Waals surface area contributed by atoms with Crippen LogP contribution in [0.15, 0.2) is 69.6 Å². The molecule has 0 aliphatic heterocycles. The van der Waals surface area contributed by atoms with Gasteiger partial charge in [-0.2, -0.15) is 0 Å². The van der Waals surface area contributed by atoms with Crippen LogP contribution in [0, 0.1) is 0 Å². The van der Waals surface area contributed by atoms with Crippen molar-refractivity contribution >= 4 is 53.4 Å². The van der Waals surface area contributed by atoms with Crippen LogP contribution < -0.4 is 0 Å². The molecule has 1 aliphatic carbocycles. The highest BCUT2D eigenvalue weighted by molar-refractivity contribution is 9.11. The van der Waals surface area contributed by atoms with Crippen molar-refractivity contribution in [3.63, 3.8) is 0 Å². The Bertz CT molecular complexity index is 1090. The van der Waals surface area contributed by atoms with E-state index >= 15 is 0 Å². The van der Waals surface area contributed by atoms with Gasteiger partial charge in [-0.15, -0.1) is 0 Å². The highest BCUT2D eigenvalue weighted by Gasteiger charge is 2.22. The molecule has 0 saturated carbocycles. The number of hydrogen-bond acceptors (Lipinski definition) is 0. The summed E-state index contributed by atoms with van der Waals surface area (Å²) in [6, 6.07) is 22.1. The third-order valence-corrected chi connectivity index (χ3v) is 5.69. The van der Waals surface area contributed by atoms with Gasteiger partial charge in [0, 0.05) is 8.95 Å². The van der Waals surface area contributed by atoms with Crippen LogP contribution in [0.2, 0.25) is 0 Å². The minimum Gasteiger partial charge on any atom is -0.0610 e. The van der Waals surface area contributed by atoms with Crippen LogP contribution in [-0.4, -0.2) is 0 Å². The molecule has 0 unspecified atom stereocenters. The Morgan fingerprint density at radius 3 is 2.23 bits per heavy atom. The summed E-state index contributed by atoms with van der Waals surface area (Å²) in [4.78, 5) is 0. The molecule has 0 spiro atoms. The molecule has 104 valence electrons. The molecule has 0 N–H and O–H groups in total. The van der Waals surface area contributed by atoms with E-state index < -0.39 is 0 Å². The molecular formula is C20H10Br2. The molecule has 0 nitrogen and oxygen atoms in total. The van der Waals surface area contributed by atoms with Crippen LogP contribution in [0.3, 0.4) is 0 Å². The summed E-state index contributed by atoms with van der Waals surface area (Å²) in [7, 11) is 0. The largest absolute Gasteiger partial charge is 0.0610 e. The molecule has 0 saturated heterocycles. The molecule has 0 bridgehead atoms. The Kier molecular flexibility index (Phi) is 2.59. The van der Waals surface area contributed by atoms with Crippen molar-refractivity contribution in [3.8, 4) is 22.3 Å². The summed E-state index contributed by atoms with van der Waals surface area (Å²) in [6.45, 7) is 0. The van der Waals surface area contributed by atoms with Crippen LogP contribution in [0.5, 0.6) is 0 Å². The van der Waals surface area contributed by atoms with Crippen molar-refractivity contribution < 1.29 is 0 Å². The lowest BCUT2D eigenvalue weighted by atomic mass is 9.99. The van der Waals surface area contributed by atoms with E-state index in [2.05, 4.69) is 92.5 Å². The number of halogens is 2. The zero-order valence-electron chi connectivity index (χ0n) is 11.5. The minimum absolute atomic E-state index is 1.12. The molecule has 2 heteroatoms. The van der Waals surface area contributed by atoms with Crippen LogP contribution in [0.4, 0.5) is 0 Å². The molecule has 5 rings (SSSR count). The highest BCUT2D eigenvalue weighted by Crippen LogP contribution is 2.49. The van der Waals surface area contributed by atoms with Gasteiger partial charge >= 0.3 is 0 Å². The molecule has 0 radical (unpaired) electrons. The summed E-state index contributed by atoms with van der Waals surface area (Å²) in [5.41, 5.74) is 5.36. The Morgan fingerprint density at radius 2 is 1.36 bits per heavy atom. The van der Waals surface area contributed by atoms with E-state index in [4.69, 9.17) is 0 Å². The van der Waals surface area contributed by atoms with E-state index in [1.54, 1.807) is 0 Å². The maximum atomic E-state index is 3.68. The predicted octanol–water partition coefficient (Wildman–Crippen LogP) is 7.17. The highest BCUT2D eigenvalue weighted by atomic mass is 79.9. The predicted molar refractivity (Wildman–Crippen MR) is 101 cm³/mol. The van der Waals surface area contributed by atoms with Crippen LogP contribution >= 0.6 is 31.9 Å². The molecule has 0 amide bonds. The Hall–Kier alpha value is -1.64. The normalized spacial score (nSPS) is 12.1. The molecule has 0 fully saturated rings. The molecular weight excluding hydrogens is 400 g/mol. The lowest BCUT2D eigenvalue weighted by Crippen LogP contribution is -1.79.